The summed E-state index contributed by atoms with van der Waals surface area (Å²) in [7, 11) is 0. The third kappa shape index (κ3) is 11.2. The lowest BCUT2D eigenvalue weighted by Gasteiger charge is -2.43. The van der Waals surface area contributed by atoms with E-state index >= 15 is 0 Å². The minimum absolute atomic E-state index is 0.0922. The van der Waals surface area contributed by atoms with Gasteiger partial charge in [-0.05, 0) is 44.2 Å². The Hall–Kier alpha value is -5.52. The van der Waals surface area contributed by atoms with Crippen LogP contribution < -0.4 is 15.5 Å². The molecule has 0 saturated carbocycles. The van der Waals surface area contributed by atoms with Crippen LogP contribution in [0.2, 0.25) is 0 Å². The normalized spacial score (nSPS) is 19.1. The molecule has 3 aliphatic heterocycles. The van der Waals surface area contributed by atoms with Crippen LogP contribution in [0.3, 0.4) is 0 Å². The maximum absolute atomic E-state index is 13.6. The van der Waals surface area contributed by atoms with Crippen molar-refractivity contribution in [3.63, 3.8) is 0 Å². The zero-order chi connectivity index (χ0) is 44.0. The maximum Gasteiger partial charge on any atom is 0.433 e. The Balaban J connectivity index is 0.000000257. The molecule has 0 radical (unpaired) electrons. The number of nitrogens with zero attached hydrogens (tertiary/aromatic N) is 8. The highest BCUT2D eigenvalue weighted by Crippen LogP contribution is 2.42. The van der Waals surface area contributed by atoms with Gasteiger partial charge in [0.25, 0.3) is 11.8 Å². The van der Waals surface area contributed by atoms with Gasteiger partial charge >= 0.3 is 6.18 Å². The molecule has 3 amide bonds. The van der Waals surface area contributed by atoms with Crippen molar-refractivity contribution in [3.8, 4) is 5.69 Å². The van der Waals surface area contributed by atoms with E-state index in [9.17, 15) is 27.6 Å². The highest BCUT2D eigenvalue weighted by Gasteiger charge is 2.50. The number of piperazine rings is 1. The van der Waals surface area contributed by atoms with Crippen LogP contribution >= 0.6 is 0 Å². The molecule has 0 bridgehead atoms. The highest BCUT2D eigenvalue weighted by molar-refractivity contribution is 6.06. The number of hydrogen-bond donors (Lipinski definition) is 2. The lowest BCUT2D eigenvalue weighted by atomic mass is 9.78. The zero-order valence-electron chi connectivity index (χ0n) is 35.5. The topological polar surface area (TPSA) is 151 Å². The van der Waals surface area contributed by atoms with Crippen molar-refractivity contribution >= 4 is 23.5 Å². The smallest absolute Gasteiger partial charge is 0.378 e. The van der Waals surface area contributed by atoms with Crippen molar-refractivity contribution in [3.05, 3.63) is 108 Å². The number of benzene rings is 1. The minimum Gasteiger partial charge on any atom is -0.378 e. The number of halogens is 3. The molecule has 2 N–H and O–H groups in total. The second kappa shape index (κ2) is 21.7. The van der Waals surface area contributed by atoms with Crippen molar-refractivity contribution < 1.29 is 32.3 Å². The summed E-state index contributed by atoms with van der Waals surface area (Å²) in [6, 6.07) is 16.2. The van der Waals surface area contributed by atoms with Crippen molar-refractivity contribution in [2.24, 2.45) is 0 Å². The Morgan fingerprint density at radius 1 is 0.950 bits per heavy atom. The first-order valence-electron chi connectivity index (χ1n) is 20.4. The molecule has 14 nitrogen and oxygen atoms in total. The van der Waals surface area contributed by atoms with Gasteiger partial charge < -0.3 is 15.4 Å². The van der Waals surface area contributed by atoms with Crippen molar-refractivity contribution in [1.82, 2.24) is 45.2 Å². The van der Waals surface area contributed by atoms with Crippen LogP contribution in [0.15, 0.2) is 85.3 Å². The first-order valence-corrected chi connectivity index (χ1v) is 20.4. The summed E-state index contributed by atoms with van der Waals surface area (Å²) >= 11 is 0. The van der Waals surface area contributed by atoms with Crippen molar-refractivity contribution in [2.75, 3.05) is 57.4 Å². The number of hydrogen-bond acceptors (Lipinski definition) is 10. The summed E-state index contributed by atoms with van der Waals surface area (Å²) in [4.78, 5) is 56.0. The maximum atomic E-state index is 13.6. The summed E-state index contributed by atoms with van der Waals surface area (Å²) in [6.45, 7) is 24.1. The van der Waals surface area contributed by atoms with Gasteiger partial charge in [0.15, 0.2) is 0 Å². The molecule has 3 aromatic heterocycles. The molecule has 1 aromatic carbocycles. The number of rotatable bonds is 10. The fourth-order valence-electron chi connectivity index (χ4n) is 6.79. The second-order valence-electron chi connectivity index (χ2n) is 14.0. The largest absolute Gasteiger partial charge is 0.433 e. The third-order valence-electron chi connectivity index (χ3n) is 10.3. The number of carbonyl (C=O) groups excluding carboxylic acids is 3. The van der Waals surface area contributed by atoms with Crippen LogP contribution in [-0.4, -0.2) is 116 Å². The number of ether oxygens (including phenoxy) is 1. The molecule has 0 aliphatic carbocycles. The second-order valence-corrected chi connectivity index (χ2v) is 14.0. The summed E-state index contributed by atoms with van der Waals surface area (Å²) in [5.41, 5.74) is 0.251. The van der Waals surface area contributed by atoms with Gasteiger partial charge in [0.05, 0.1) is 43.4 Å². The molecule has 2 unspecified atom stereocenters. The lowest BCUT2D eigenvalue weighted by Crippen LogP contribution is -2.63. The zero-order valence-corrected chi connectivity index (χ0v) is 35.5. The van der Waals surface area contributed by atoms with E-state index in [0.29, 0.717) is 48.7 Å². The molecular weight excluding hydrogens is 778 g/mol. The number of pyridine rings is 1. The predicted molar refractivity (Wildman–Crippen MR) is 223 cm³/mol. The Morgan fingerprint density at radius 3 is 2.20 bits per heavy atom. The number of nitrogens with one attached hydrogen (secondary N) is 2. The molecule has 324 valence electrons. The number of likely N-dealkylation sites (N-methyl/N-ethyl adjacent to an activating group) is 1. The van der Waals surface area contributed by atoms with Crippen LogP contribution in [0.25, 0.3) is 5.69 Å². The van der Waals surface area contributed by atoms with Crippen molar-refractivity contribution in [1.29, 1.82) is 0 Å². The van der Waals surface area contributed by atoms with Gasteiger partial charge in [0.2, 0.25) is 11.7 Å². The van der Waals surface area contributed by atoms with E-state index in [1.807, 2.05) is 76.2 Å². The van der Waals surface area contributed by atoms with E-state index in [4.69, 9.17) is 4.74 Å². The standard InChI is InChI=1S/C22H21F3N6O2.C17H24N4O2.2C2H6/c1-4-30-19-15(12-27-31(19)14-8-6-5-7-9-14)13(2)21(3,20(30)33)29-18(32)17-26-11-10-16(28-17)22(23,24)25;1-14(17(22)19-10-15-4-2-3-5-18-15)11-20-6-8-21(9-7-20)16-12-23-13-16;2*1-2/h5-13H,4H2,1-3H3,(H,29,32);2-5,16H,1,6-13H2,(H,19,22);2*1-2H3. The van der Waals surface area contributed by atoms with Crippen LogP contribution in [-0.2, 0) is 27.0 Å². The van der Waals surface area contributed by atoms with Gasteiger partial charge in [0.1, 0.15) is 17.1 Å². The van der Waals surface area contributed by atoms with Gasteiger partial charge in [-0.2, -0.15) is 18.3 Å². The highest BCUT2D eigenvalue weighted by atomic mass is 19.4. The minimum atomic E-state index is -4.73. The Labute approximate surface area is 350 Å². The molecule has 60 heavy (non-hydrogen) atoms. The first kappa shape index (κ1) is 47.2. The monoisotopic (exact) mass is 834 g/mol. The Bertz CT molecular complexity index is 2020. The van der Waals surface area contributed by atoms with Crippen molar-refractivity contribution in [2.45, 2.75) is 78.7 Å². The van der Waals surface area contributed by atoms with Crippen LogP contribution in [0.4, 0.5) is 19.0 Å². The number of anilines is 1. The average Bonchev–Trinajstić information content (AvgIpc) is 3.69. The summed E-state index contributed by atoms with van der Waals surface area (Å²) in [5, 5.41) is 9.92. The average molecular weight is 835 g/mol. The molecular formula is C43H57F3N10O4. The van der Waals surface area contributed by atoms with Crippen LogP contribution in [0.1, 0.15) is 82.0 Å². The molecule has 0 spiro atoms. The quantitative estimate of drug-likeness (QED) is 0.192. The number of carbonyl (C=O) groups is 3. The third-order valence-corrected chi connectivity index (χ3v) is 10.3. The van der Waals surface area contributed by atoms with Gasteiger partial charge in [-0.25, -0.2) is 14.6 Å². The molecule has 2 atom stereocenters. The Kier molecular flexibility index (Phi) is 17.0. The Morgan fingerprint density at radius 2 is 1.62 bits per heavy atom. The van der Waals surface area contributed by atoms with Crippen LogP contribution in [0.5, 0.6) is 0 Å². The molecule has 2 fully saturated rings. The summed E-state index contributed by atoms with van der Waals surface area (Å²) in [5.74, 6) is -2.09. The fourth-order valence-corrected chi connectivity index (χ4v) is 6.79. The van der Waals surface area contributed by atoms with E-state index in [0.717, 1.165) is 57.0 Å². The van der Waals surface area contributed by atoms with E-state index in [2.05, 4.69) is 47.1 Å². The van der Waals surface area contributed by atoms with Gasteiger partial charge in [0, 0.05) is 68.7 Å². The molecule has 4 aromatic rings. The first-order chi connectivity index (χ1) is 28.8. The number of amides is 3. The van der Waals surface area contributed by atoms with Crippen LogP contribution in [0, 0.1) is 0 Å². The SMILES string of the molecule is C=C(CN1CCN(C2COC2)CC1)C(=O)NCc1ccccn1.CC.CC.CCN1C(=O)C(C)(NC(=O)c2nccc(C(F)(F)F)n2)C(C)c2cnn(-c3ccccc3)c21. The fraction of sp³-hybridized carbons (Fsp3) is 0.465. The molecule has 6 heterocycles. The number of aromatic nitrogens is 5. The molecule has 7 rings (SSSR count). The molecule has 3 aliphatic rings. The van der Waals surface area contributed by atoms with Gasteiger partial charge in [-0.1, -0.05) is 65.5 Å². The number of alkyl halides is 3. The van der Waals surface area contributed by atoms with Gasteiger partial charge in [-0.15, -0.1) is 0 Å². The predicted octanol–water partition coefficient (Wildman–Crippen LogP) is 5.66. The van der Waals surface area contributed by atoms with E-state index < -0.39 is 41.0 Å². The van der Waals surface area contributed by atoms with E-state index in [1.165, 1.54) is 11.8 Å². The summed E-state index contributed by atoms with van der Waals surface area (Å²) in [6.07, 6.45) is -0.508. The molecule has 17 heteroatoms. The summed E-state index contributed by atoms with van der Waals surface area (Å²) < 4.78 is 45.9. The number of fused-ring (bicyclic) bond motifs is 1. The lowest BCUT2D eigenvalue weighted by molar-refractivity contribution is -0.141. The van der Waals surface area contributed by atoms with Gasteiger partial charge in [-0.3, -0.25) is 34.1 Å². The number of para-hydroxylation sites is 1. The molecule has 2 saturated heterocycles. The van der Waals surface area contributed by atoms with E-state index in [-0.39, 0.29) is 5.91 Å². The van der Waals surface area contributed by atoms with E-state index in [1.54, 1.807) is 30.9 Å².